The van der Waals surface area contributed by atoms with Gasteiger partial charge in [-0.3, -0.25) is 0 Å². The minimum absolute atomic E-state index is 0.418. The number of nitrogens with two attached hydrogens (primary N) is 1. The largest absolute Gasteiger partial charge is 0.393 e. The first-order chi connectivity index (χ1) is 9.20. The third-order valence-corrected chi connectivity index (χ3v) is 2.50. The molecule has 6 nitrogen and oxygen atoms in total. The van der Waals surface area contributed by atoms with Crippen LogP contribution in [0.5, 0.6) is 0 Å². The highest BCUT2D eigenvalue weighted by Crippen LogP contribution is 2.25. The van der Waals surface area contributed by atoms with Crippen molar-refractivity contribution < 1.29 is 0 Å². The molecule has 0 atom stereocenters. The van der Waals surface area contributed by atoms with Crippen LogP contribution in [0.15, 0.2) is 37.3 Å². The number of aromatic nitrogens is 3. The second-order valence-corrected chi connectivity index (χ2v) is 4.08. The first-order valence-corrected chi connectivity index (χ1v) is 5.92. The molecule has 2 aromatic heterocycles. The molecule has 2 rings (SSSR count). The van der Waals surface area contributed by atoms with Gasteiger partial charge >= 0.3 is 0 Å². The van der Waals surface area contributed by atoms with Crippen molar-refractivity contribution in [1.82, 2.24) is 15.0 Å². The molecule has 0 aliphatic rings. The number of anilines is 4. The van der Waals surface area contributed by atoms with Gasteiger partial charge in [0.25, 0.3) is 0 Å². The van der Waals surface area contributed by atoms with E-state index >= 15 is 0 Å². The minimum atomic E-state index is 0.418. The highest BCUT2D eigenvalue weighted by molar-refractivity contribution is 6.30. The van der Waals surface area contributed by atoms with Crippen LogP contribution < -0.4 is 16.4 Å². The smallest absolute Gasteiger partial charge is 0.160 e. The first-order valence-electron chi connectivity index (χ1n) is 5.54. The van der Waals surface area contributed by atoms with E-state index in [2.05, 4.69) is 32.2 Å². The van der Waals surface area contributed by atoms with Gasteiger partial charge in [0.1, 0.15) is 17.8 Å². The Morgan fingerprint density at radius 1 is 1.26 bits per heavy atom. The lowest BCUT2D eigenvalue weighted by molar-refractivity contribution is 1.14. The van der Waals surface area contributed by atoms with Gasteiger partial charge < -0.3 is 16.4 Å². The Kier molecular flexibility index (Phi) is 4.15. The summed E-state index contributed by atoms with van der Waals surface area (Å²) < 4.78 is 0. The lowest BCUT2D eigenvalue weighted by Gasteiger charge is -2.11. The predicted octanol–water partition coefficient (Wildman–Crippen LogP) is 2.45. The van der Waals surface area contributed by atoms with E-state index in [0.717, 1.165) is 0 Å². The number of rotatable bonds is 5. The molecule has 19 heavy (non-hydrogen) atoms. The zero-order valence-electron chi connectivity index (χ0n) is 10.1. The summed E-state index contributed by atoms with van der Waals surface area (Å²) in [5, 5.41) is 6.59. The molecule has 0 unspecified atom stereocenters. The molecule has 0 spiro atoms. The molecule has 0 aromatic carbocycles. The number of halogens is 1. The second kappa shape index (κ2) is 6.01. The molecule has 2 heterocycles. The molecule has 7 heteroatoms. The molecule has 2 aromatic rings. The Morgan fingerprint density at radius 2 is 2.05 bits per heavy atom. The Balaban J connectivity index is 2.20. The van der Waals surface area contributed by atoms with E-state index in [4.69, 9.17) is 17.3 Å². The molecule has 0 radical (unpaired) electrons. The number of hydrogen-bond acceptors (Lipinski definition) is 6. The van der Waals surface area contributed by atoms with E-state index in [-0.39, 0.29) is 0 Å². The van der Waals surface area contributed by atoms with Crippen LogP contribution in [0.3, 0.4) is 0 Å². The Labute approximate surface area is 115 Å². The zero-order valence-corrected chi connectivity index (χ0v) is 10.9. The maximum Gasteiger partial charge on any atom is 0.160 e. The standard InChI is InChI=1S/C12H13ClN6/c1-2-5-15-11-10(14)12(18-7-17-11)19-9-4-3-8(13)6-16-9/h2-4,6-7H,1,5,14H2,(H2,15,16,17,18,19). The Morgan fingerprint density at radius 3 is 2.74 bits per heavy atom. The molecule has 0 amide bonds. The third-order valence-electron chi connectivity index (χ3n) is 2.27. The quantitative estimate of drug-likeness (QED) is 0.727. The van der Waals surface area contributed by atoms with E-state index < -0.39 is 0 Å². The maximum absolute atomic E-state index is 5.96. The van der Waals surface area contributed by atoms with Crippen LogP contribution >= 0.6 is 11.6 Å². The SMILES string of the molecule is C=CCNc1ncnc(Nc2ccc(Cl)cn2)c1N. The highest BCUT2D eigenvalue weighted by Gasteiger charge is 2.07. The van der Waals surface area contributed by atoms with Crippen molar-refractivity contribution in [3.05, 3.63) is 42.3 Å². The van der Waals surface area contributed by atoms with Crippen molar-refractivity contribution in [2.75, 3.05) is 22.9 Å². The van der Waals surface area contributed by atoms with Gasteiger partial charge in [-0.15, -0.1) is 6.58 Å². The topological polar surface area (TPSA) is 88.8 Å². The van der Waals surface area contributed by atoms with Crippen LogP contribution in [0.1, 0.15) is 0 Å². The van der Waals surface area contributed by atoms with E-state index in [1.165, 1.54) is 12.5 Å². The van der Waals surface area contributed by atoms with E-state index in [1.807, 2.05) is 0 Å². The molecule has 0 bridgehead atoms. The summed E-state index contributed by atoms with van der Waals surface area (Å²) >= 11 is 5.77. The lowest BCUT2D eigenvalue weighted by atomic mass is 10.4. The van der Waals surface area contributed by atoms with Gasteiger partial charge in [0.05, 0.1) is 5.02 Å². The first kappa shape index (κ1) is 13.1. The molecule has 0 saturated heterocycles. The van der Waals surface area contributed by atoms with Crippen LogP contribution in [0.4, 0.5) is 23.1 Å². The summed E-state index contributed by atoms with van der Waals surface area (Å²) in [4.78, 5) is 12.2. The maximum atomic E-state index is 5.96. The summed E-state index contributed by atoms with van der Waals surface area (Å²) in [7, 11) is 0. The van der Waals surface area contributed by atoms with Crippen LogP contribution in [0.2, 0.25) is 5.02 Å². The summed E-state index contributed by atoms with van der Waals surface area (Å²) in [6, 6.07) is 3.46. The molecule has 0 aliphatic carbocycles. The Bertz CT molecular complexity index is 569. The molecular formula is C12H13ClN6. The van der Waals surface area contributed by atoms with Crippen LogP contribution in [-0.2, 0) is 0 Å². The molecule has 4 N–H and O–H groups in total. The van der Waals surface area contributed by atoms with Gasteiger partial charge in [0, 0.05) is 12.7 Å². The van der Waals surface area contributed by atoms with Gasteiger partial charge in [-0.25, -0.2) is 15.0 Å². The van der Waals surface area contributed by atoms with E-state index in [9.17, 15) is 0 Å². The molecule has 0 fully saturated rings. The van der Waals surface area contributed by atoms with Crippen molar-refractivity contribution >= 4 is 34.7 Å². The number of nitrogen functional groups attached to an aromatic ring is 1. The van der Waals surface area contributed by atoms with Crippen molar-refractivity contribution in [2.24, 2.45) is 0 Å². The summed E-state index contributed by atoms with van der Waals surface area (Å²) in [5.41, 5.74) is 6.38. The number of nitrogens with one attached hydrogen (secondary N) is 2. The van der Waals surface area contributed by atoms with Crippen LogP contribution in [0, 0.1) is 0 Å². The number of hydrogen-bond donors (Lipinski definition) is 3. The molecule has 98 valence electrons. The zero-order chi connectivity index (χ0) is 13.7. The molecule has 0 saturated carbocycles. The van der Waals surface area contributed by atoms with E-state index in [1.54, 1.807) is 18.2 Å². The predicted molar refractivity (Wildman–Crippen MR) is 77.7 cm³/mol. The highest BCUT2D eigenvalue weighted by atomic mass is 35.5. The number of nitrogens with zero attached hydrogens (tertiary/aromatic N) is 3. The Hall–Kier alpha value is -2.34. The minimum Gasteiger partial charge on any atom is -0.393 e. The number of pyridine rings is 1. The second-order valence-electron chi connectivity index (χ2n) is 3.64. The van der Waals surface area contributed by atoms with Crippen LogP contribution in [-0.4, -0.2) is 21.5 Å². The lowest BCUT2D eigenvalue weighted by Crippen LogP contribution is -2.08. The summed E-state index contributed by atoms with van der Waals surface area (Å²) in [5.74, 6) is 1.63. The van der Waals surface area contributed by atoms with Gasteiger partial charge in [-0.2, -0.15) is 0 Å². The third kappa shape index (κ3) is 3.32. The van der Waals surface area contributed by atoms with Crippen molar-refractivity contribution in [3.63, 3.8) is 0 Å². The average molecular weight is 277 g/mol. The van der Waals surface area contributed by atoms with Crippen LogP contribution in [0.25, 0.3) is 0 Å². The van der Waals surface area contributed by atoms with Gasteiger partial charge in [-0.05, 0) is 12.1 Å². The van der Waals surface area contributed by atoms with Gasteiger partial charge in [0.2, 0.25) is 0 Å². The summed E-state index contributed by atoms with van der Waals surface area (Å²) in [6.07, 6.45) is 4.67. The van der Waals surface area contributed by atoms with Gasteiger partial charge in [-0.1, -0.05) is 17.7 Å². The fourth-order valence-electron chi connectivity index (χ4n) is 1.38. The van der Waals surface area contributed by atoms with Gasteiger partial charge in [0.15, 0.2) is 11.6 Å². The fraction of sp³-hybridized carbons (Fsp3) is 0.0833. The summed E-state index contributed by atoms with van der Waals surface area (Å²) in [6.45, 7) is 4.19. The van der Waals surface area contributed by atoms with E-state index in [0.29, 0.717) is 34.7 Å². The van der Waals surface area contributed by atoms with Crippen molar-refractivity contribution in [2.45, 2.75) is 0 Å². The molecule has 0 aliphatic heterocycles. The van der Waals surface area contributed by atoms with Crippen molar-refractivity contribution in [1.29, 1.82) is 0 Å². The normalized spacial score (nSPS) is 9.95. The van der Waals surface area contributed by atoms with Crippen molar-refractivity contribution in [3.8, 4) is 0 Å². The molecular weight excluding hydrogens is 264 g/mol. The average Bonchev–Trinajstić information content (AvgIpc) is 2.42. The monoisotopic (exact) mass is 276 g/mol. The fourth-order valence-corrected chi connectivity index (χ4v) is 1.49.